The molecule has 0 saturated carbocycles. The third-order valence-electron chi connectivity index (χ3n) is 3.84. The monoisotopic (exact) mass is 376 g/mol. The third kappa shape index (κ3) is 4.87. The highest BCUT2D eigenvalue weighted by molar-refractivity contribution is 7.10. The number of benzene rings is 1. The first-order chi connectivity index (χ1) is 12.3. The Morgan fingerprint density at radius 2 is 2.00 bits per heavy atom. The van der Waals surface area contributed by atoms with Crippen LogP contribution in [-0.2, 0) is 9.59 Å². The first kappa shape index (κ1) is 19.5. The van der Waals surface area contributed by atoms with E-state index >= 15 is 0 Å². The van der Waals surface area contributed by atoms with Crippen LogP contribution in [0.15, 0.2) is 35.7 Å². The van der Waals surface area contributed by atoms with E-state index in [1.165, 1.54) is 18.2 Å². The van der Waals surface area contributed by atoms with E-state index < -0.39 is 16.7 Å². The van der Waals surface area contributed by atoms with Crippen LogP contribution >= 0.6 is 11.3 Å². The van der Waals surface area contributed by atoms with Crippen molar-refractivity contribution >= 4 is 34.5 Å². The Kier molecular flexibility index (Phi) is 6.42. The molecule has 0 unspecified atom stereocenters. The number of nitrogens with zero attached hydrogens (tertiary/aromatic N) is 2. The molecule has 138 valence electrons. The van der Waals surface area contributed by atoms with Crippen LogP contribution in [0.1, 0.15) is 16.5 Å². The quantitative estimate of drug-likeness (QED) is 0.457. The average molecular weight is 376 g/mol. The molecule has 1 aromatic carbocycles. The predicted octanol–water partition coefficient (Wildman–Crippen LogP) is 2.32. The number of hydrogen-bond acceptors (Lipinski definition) is 6. The van der Waals surface area contributed by atoms with Crippen LogP contribution in [0.25, 0.3) is 0 Å². The second kappa shape index (κ2) is 8.54. The highest BCUT2D eigenvalue weighted by atomic mass is 32.1. The molecule has 0 radical (unpaired) electrons. The predicted molar refractivity (Wildman–Crippen MR) is 100 cm³/mol. The number of non-ortho nitro benzene ring substituents is 1. The maximum atomic E-state index is 12.1. The summed E-state index contributed by atoms with van der Waals surface area (Å²) in [5, 5.41) is 17.8. The fourth-order valence-corrected chi connectivity index (χ4v) is 3.25. The second-order valence-electron chi connectivity index (χ2n) is 5.92. The maximum absolute atomic E-state index is 12.1. The molecule has 0 aliphatic heterocycles. The molecule has 2 aromatic rings. The number of hydrogen-bond donors (Lipinski definition) is 2. The fourth-order valence-electron chi connectivity index (χ4n) is 2.33. The SMILES string of the molecule is Cc1ccc([N+](=O)[O-])cc1NC(=O)C(=O)NC[C@@H](c1cccs1)N(C)C. The smallest absolute Gasteiger partial charge is 0.313 e. The summed E-state index contributed by atoms with van der Waals surface area (Å²) in [4.78, 5) is 37.5. The van der Waals surface area contributed by atoms with Crippen LogP contribution in [0.5, 0.6) is 0 Å². The van der Waals surface area contributed by atoms with Gasteiger partial charge in [0.05, 0.1) is 16.7 Å². The standard InChI is InChI=1S/C17H20N4O4S/c1-11-6-7-12(21(24)25)9-13(11)19-17(23)16(22)18-10-14(20(2)3)15-5-4-8-26-15/h4-9,14H,10H2,1-3H3,(H,18,22)(H,19,23)/t14-/m0/s1. The maximum Gasteiger partial charge on any atom is 0.313 e. The lowest BCUT2D eigenvalue weighted by molar-refractivity contribution is -0.384. The Morgan fingerprint density at radius 3 is 2.58 bits per heavy atom. The van der Waals surface area contributed by atoms with Crippen molar-refractivity contribution in [3.8, 4) is 0 Å². The molecule has 0 bridgehead atoms. The molecule has 2 N–H and O–H groups in total. The zero-order chi connectivity index (χ0) is 19.3. The van der Waals surface area contributed by atoms with Gasteiger partial charge in [-0.2, -0.15) is 0 Å². The zero-order valence-electron chi connectivity index (χ0n) is 14.7. The lowest BCUT2D eigenvalue weighted by atomic mass is 10.2. The van der Waals surface area contributed by atoms with Crippen molar-refractivity contribution in [1.82, 2.24) is 10.2 Å². The van der Waals surface area contributed by atoms with Gasteiger partial charge in [0.25, 0.3) is 5.69 Å². The lowest BCUT2D eigenvalue weighted by Gasteiger charge is -2.23. The number of thiophene rings is 1. The van der Waals surface area contributed by atoms with Gasteiger partial charge in [-0.1, -0.05) is 12.1 Å². The normalized spacial score (nSPS) is 11.8. The molecule has 2 amide bonds. The first-order valence-corrected chi connectivity index (χ1v) is 8.71. The molecule has 0 fully saturated rings. The molecule has 1 aromatic heterocycles. The van der Waals surface area contributed by atoms with Crippen molar-refractivity contribution in [2.24, 2.45) is 0 Å². The molecule has 0 saturated heterocycles. The lowest BCUT2D eigenvalue weighted by Crippen LogP contribution is -2.40. The van der Waals surface area contributed by atoms with E-state index in [1.807, 2.05) is 36.5 Å². The number of nitrogens with one attached hydrogen (secondary N) is 2. The Bertz CT molecular complexity index is 805. The summed E-state index contributed by atoms with van der Waals surface area (Å²) < 4.78 is 0. The molecular weight excluding hydrogens is 356 g/mol. The number of amides is 2. The largest absolute Gasteiger partial charge is 0.346 e. The first-order valence-electron chi connectivity index (χ1n) is 7.83. The Morgan fingerprint density at radius 1 is 1.27 bits per heavy atom. The van der Waals surface area contributed by atoms with Gasteiger partial charge in [0.15, 0.2) is 0 Å². The minimum absolute atomic E-state index is 0.0497. The number of likely N-dealkylation sites (N-methyl/N-ethyl adjacent to an activating group) is 1. The summed E-state index contributed by atoms with van der Waals surface area (Å²) in [5.74, 6) is -1.66. The van der Waals surface area contributed by atoms with Crippen LogP contribution in [0, 0.1) is 17.0 Å². The third-order valence-corrected chi connectivity index (χ3v) is 4.81. The Labute approximate surface area is 155 Å². The highest BCUT2D eigenvalue weighted by Gasteiger charge is 2.20. The molecule has 2 rings (SSSR count). The van der Waals surface area contributed by atoms with Gasteiger partial charge in [-0.05, 0) is 38.0 Å². The van der Waals surface area contributed by atoms with E-state index in [-0.39, 0.29) is 24.0 Å². The fraction of sp³-hybridized carbons (Fsp3) is 0.294. The van der Waals surface area contributed by atoms with Crippen LogP contribution in [-0.4, -0.2) is 42.3 Å². The van der Waals surface area contributed by atoms with E-state index in [0.29, 0.717) is 5.56 Å². The Balaban J connectivity index is 2.00. The Hall–Kier alpha value is -2.78. The molecule has 0 aliphatic rings. The van der Waals surface area contributed by atoms with Crippen molar-refractivity contribution in [3.05, 3.63) is 56.3 Å². The van der Waals surface area contributed by atoms with Gasteiger partial charge < -0.3 is 15.5 Å². The van der Waals surface area contributed by atoms with Crippen LogP contribution < -0.4 is 10.6 Å². The summed E-state index contributed by atoms with van der Waals surface area (Å²) in [6.45, 7) is 1.96. The van der Waals surface area contributed by atoms with Crippen LogP contribution in [0.2, 0.25) is 0 Å². The van der Waals surface area contributed by atoms with E-state index in [4.69, 9.17) is 0 Å². The second-order valence-corrected chi connectivity index (χ2v) is 6.89. The molecule has 0 aliphatic carbocycles. The van der Waals surface area contributed by atoms with Crippen molar-refractivity contribution in [3.63, 3.8) is 0 Å². The summed E-state index contributed by atoms with van der Waals surface area (Å²) in [6, 6.07) is 7.93. The van der Waals surface area contributed by atoms with Gasteiger partial charge >= 0.3 is 11.8 Å². The van der Waals surface area contributed by atoms with Crippen molar-refractivity contribution in [2.75, 3.05) is 26.0 Å². The van der Waals surface area contributed by atoms with Crippen molar-refractivity contribution in [2.45, 2.75) is 13.0 Å². The van der Waals surface area contributed by atoms with Gasteiger partial charge in [0, 0.05) is 23.6 Å². The van der Waals surface area contributed by atoms with E-state index in [9.17, 15) is 19.7 Å². The van der Waals surface area contributed by atoms with Crippen LogP contribution in [0.3, 0.4) is 0 Å². The molecule has 8 nitrogen and oxygen atoms in total. The summed E-state index contributed by atoms with van der Waals surface area (Å²) in [5.41, 5.74) is 0.708. The zero-order valence-corrected chi connectivity index (χ0v) is 15.5. The van der Waals surface area contributed by atoms with Gasteiger partial charge in [0.2, 0.25) is 0 Å². The van der Waals surface area contributed by atoms with E-state index in [0.717, 1.165) is 4.88 Å². The highest BCUT2D eigenvalue weighted by Crippen LogP contribution is 2.23. The summed E-state index contributed by atoms with van der Waals surface area (Å²) >= 11 is 1.57. The van der Waals surface area contributed by atoms with E-state index in [2.05, 4.69) is 10.6 Å². The van der Waals surface area contributed by atoms with Gasteiger partial charge in [-0.3, -0.25) is 19.7 Å². The number of carbonyl (C=O) groups excluding carboxylic acids is 2. The van der Waals surface area contributed by atoms with Crippen LogP contribution in [0.4, 0.5) is 11.4 Å². The number of nitro groups is 1. The minimum Gasteiger partial charge on any atom is -0.346 e. The van der Waals surface area contributed by atoms with Gasteiger partial charge in [-0.15, -0.1) is 11.3 Å². The minimum atomic E-state index is -0.864. The van der Waals surface area contributed by atoms with Crippen molar-refractivity contribution < 1.29 is 14.5 Å². The molecule has 0 spiro atoms. The number of nitro benzene ring substituents is 1. The summed E-state index contributed by atoms with van der Waals surface area (Å²) in [6.07, 6.45) is 0. The van der Waals surface area contributed by atoms with Gasteiger partial charge in [-0.25, -0.2) is 0 Å². The summed E-state index contributed by atoms with van der Waals surface area (Å²) in [7, 11) is 3.78. The molecule has 9 heteroatoms. The number of anilines is 1. The number of aryl methyl sites for hydroxylation is 1. The number of rotatable bonds is 6. The molecule has 1 heterocycles. The average Bonchev–Trinajstić information content (AvgIpc) is 3.10. The topological polar surface area (TPSA) is 105 Å². The number of carbonyl (C=O) groups is 2. The van der Waals surface area contributed by atoms with E-state index in [1.54, 1.807) is 18.3 Å². The molecule has 26 heavy (non-hydrogen) atoms. The molecular formula is C17H20N4O4S. The van der Waals surface area contributed by atoms with Crippen molar-refractivity contribution in [1.29, 1.82) is 0 Å². The molecule has 1 atom stereocenters. The van der Waals surface area contributed by atoms with Gasteiger partial charge in [0.1, 0.15) is 0 Å².